The lowest BCUT2D eigenvalue weighted by Crippen LogP contribution is -1.91. The van der Waals surface area contributed by atoms with Crippen molar-refractivity contribution in [1.29, 1.82) is 0 Å². The fourth-order valence-electron chi connectivity index (χ4n) is 2.11. The van der Waals surface area contributed by atoms with Crippen molar-refractivity contribution in [2.24, 2.45) is 0 Å². The molecule has 0 spiro atoms. The molecule has 0 atom stereocenters. The van der Waals surface area contributed by atoms with Crippen molar-refractivity contribution in [3.8, 4) is 0 Å². The van der Waals surface area contributed by atoms with Crippen LogP contribution in [0, 0.1) is 0 Å². The first kappa shape index (κ1) is 9.16. The van der Waals surface area contributed by atoms with Gasteiger partial charge in [0.15, 0.2) is 0 Å². The first-order valence-electron chi connectivity index (χ1n) is 5.34. The Morgan fingerprint density at radius 1 is 0.938 bits per heavy atom. The predicted molar refractivity (Wildman–Crippen MR) is 68.8 cm³/mol. The van der Waals surface area contributed by atoms with Crippen LogP contribution in [0.15, 0.2) is 48.7 Å². The number of rotatable bonds is 1. The lowest BCUT2D eigenvalue weighted by atomic mass is 10.1. The Morgan fingerprint density at radius 2 is 1.81 bits per heavy atom. The molecule has 1 N–H and O–H groups in total. The van der Waals surface area contributed by atoms with Crippen molar-refractivity contribution >= 4 is 27.4 Å². The van der Waals surface area contributed by atoms with Gasteiger partial charge in [-0.1, -0.05) is 36.4 Å². The van der Waals surface area contributed by atoms with Gasteiger partial charge in [-0.25, -0.2) is 0 Å². The molecule has 2 aromatic carbocycles. The van der Waals surface area contributed by atoms with Crippen molar-refractivity contribution in [1.82, 2.24) is 4.98 Å². The number of hydrogen-bond donors (Lipinski definition) is 1. The Morgan fingerprint density at radius 3 is 2.69 bits per heavy atom. The summed E-state index contributed by atoms with van der Waals surface area (Å²) in [4.78, 5) is 4.48. The molecule has 0 fully saturated rings. The van der Waals surface area contributed by atoms with Crippen LogP contribution in [0.3, 0.4) is 0 Å². The number of benzene rings is 2. The molecule has 78 valence electrons. The first-order valence-corrected chi connectivity index (χ1v) is 5.34. The highest BCUT2D eigenvalue weighted by Gasteiger charge is 2.03. The van der Waals surface area contributed by atoms with Crippen LogP contribution in [-0.4, -0.2) is 12.0 Å². The molecular weight excluding hydrogens is 196 g/mol. The maximum absolute atomic E-state index is 4.48. The van der Waals surface area contributed by atoms with Crippen LogP contribution in [0.4, 0.5) is 5.69 Å². The van der Waals surface area contributed by atoms with Gasteiger partial charge in [0.2, 0.25) is 0 Å². The molecule has 0 saturated heterocycles. The molecule has 3 aromatic rings. The van der Waals surface area contributed by atoms with Crippen molar-refractivity contribution in [2.75, 3.05) is 12.4 Å². The highest BCUT2D eigenvalue weighted by atomic mass is 14.8. The highest BCUT2D eigenvalue weighted by Crippen LogP contribution is 2.27. The second kappa shape index (κ2) is 3.49. The zero-order valence-corrected chi connectivity index (χ0v) is 9.07. The van der Waals surface area contributed by atoms with Gasteiger partial charge in [0.25, 0.3) is 0 Å². The van der Waals surface area contributed by atoms with Crippen molar-refractivity contribution < 1.29 is 0 Å². The van der Waals surface area contributed by atoms with Crippen LogP contribution in [0.25, 0.3) is 21.7 Å². The number of hydrogen-bond acceptors (Lipinski definition) is 2. The van der Waals surface area contributed by atoms with Crippen LogP contribution < -0.4 is 5.32 Å². The Kier molecular flexibility index (Phi) is 2.00. The summed E-state index contributed by atoms with van der Waals surface area (Å²) in [5, 5.41) is 6.80. The summed E-state index contributed by atoms with van der Waals surface area (Å²) < 4.78 is 0. The van der Waals surface area contributed by atoms with Crippen LogP contribution in [0.5, 0.6) is 0 Å². The summed E-state index contributed by atoms with van der Waals surface area (Å²) in [5.74, 6) is 0. The molecule has 0 bridgehead atoms. The Bertz CT molecular complexity index is 659. The Hall–Kier alpha value is -2.09. The van der Waals surface area contributed by atoms with E-state index in [0.717, 1.165) is 11.2 Å². The van der Waals surface area contributed by atoms with E-state index >= 15 is 0 Å². The predicted octanol–water partition coefficient (Wildman–Crippen LogP) is 3.43. The van der Waals surface area contributed by atoms with Crippen molar-refractivity contribution in [3.63, 3.8) is 0 Å². The third-order valence-electron chi connectivity index (χ3n) is 2.90. The first-order chi connectivity index (χ1) is 7.90. The molecule has 2 heteroatoms. The minimum atomic E-state index is 1.06. The maximum Gasteiger partial charge on any atom is 0.0801 e. The van der Waals surface area contributed by atoms with Gasteiger partial charge in [-0.2, -0.15) is 0 Å². The van der Waals surface area contributed by atoms with E-state index in [0.29, 0.717) is 0 Å². The number of fused-ring (bicyclic) bond motifs is 3. The standard InChI is InChI=1S/C14H12N2/c1-15-13-8-9-16-14-11-5-3-2-4-10(11)6-7-12(13)14/h2-9H,1H3,(H,15,16). The highest BCUT2D eigenvalue weighted by molar-refractivity contribution is 6.08. The van der Waals surface area contributed by atoms with Gasteiger partial charge in [-0.15, -0.1) is 0 Å². The lowest BCUT2D eigenvalue weighted by Gasteiger charge is -2.07. The summed E-state index contributed by atoms with van der Waals surface area (Å²) in [7, 11) is 1.93. The minimum Gasteiger partial charge on any atom is -0.388 e. The number of pyridine rings is 1. The molecule has 3 rings (SSSR count). The van der Waals surface area contributed by atoms with Crippen LogP contribution in [0.2, 0.25) is 0 Å². The van der Waals surface area contributed by atoms with Gasteiger partial charge in [-0.3, -0.25) is 4.98 Å². The van der Waals surface area contributed by atoms with Crippen LogP contribution in [-0.2, 0) is 0 Å². The molecule has 0 radical (unpaired) electrons. The number of aromatic nitrogens is 1. The van der Waals surface area contributed by atoms with Crippen LogP contribution in [0.1, 0.15) is 0 Å². The summed E-state index contributed by atoms with van der Waals surface area (Å²) in [6.45, 7) is 0. The minimum absolute atomic E-state index is 1.06. The van der Waals surface area contributed by atoms with E-state index in [4.69, 9.17) is 0 Å². The van der Waals surface area contributed by atoms with Gasteiger partial charge in [-0.05, 0) is 11.5 Å². The van der Waals surface area contributed by atoms with Gasteiger partial charge in [0.1, 0.15) is 0 Å². The Labute approximate surface area is 93.9 Å². The fourth-order valence-corrected chi connectivity index (χ4v) is 2.11. The third-order valence-corrected chi connectivity index (χ3v) is 2.90. The van der Waals surface area contributed by atoms with Crippen LogP contribution >= 0.6 is 0 Å². The molecule has 1 aromatic heterocycles. The monoisotopic (exact) mass is 208 g/mol. The van der Waals surface area contributed by atoms with E-state index in [-0.39, 0.29) is 0 Å². The zero-order valence-electron chi connectivity index (χ0n) is 9.07. The van der Waals surface area contributed by atoms with Gasteiger partial charge < -0.3 is 5.32 Å². The van der Waals surface area contributed by atoms with Gasteiger partial charge in [0.05, 0.1) is 5.52 Å². The van der Waals surface area contributed by atoms with Crippen molar-refractivity contribution in [3.05, 3.63) is 48.7 Å². The molecular formula is C14H12N2. The summed E-state index contributed by atoms with van der Waals surface area (Å²) in [6.07, 6.45) is 1.85. The van der Waals surface area contributed by atoms with E-state index in [2.05, 4.69) is 46.7 Å². The molecule has 0 unspecified atom stereocenters. The number of anilines is 1. The fraction of sp³-hybridized carbons (Fsp3) is 0.0714. The van der Waals surface area contributed by atoms with E-state index in [9.17, 15) is 0 Å². The summed E-state index contributed by atoms with van der Waals surface area (Å²) >= 11 is 0. The third kappa shape index (κ3) is 1.23. The van der Waals surface area contributed by atoms with E-state index in [1.165, 1.54) is 16.2 Å². The number of nitrogens with zero attached hydrogens (tertiary/aromatic N) is 1. The molecule has 2 nitrogen and oxygen atoms in total. The molecule has 0 amide bonds. The smallest absolute Gasteiger partial charge is 0.0801 e. The zero-order chi connectivity index (χ0) is 11.0. The van der Waals surface area contributed by atoms with E-state index < -0.39 is 0 Å². The molecule has 0 aliphatic carbocycles. The Balaban J connectivity index is 2.52. The molecule has 0 aliphatic rings. The van der Waals surface area contributed by atoms with Crippen molar-refractivity contribution in [2.45, 2.75) is 0 Å². The topological polar surface area (TPSA) is 24.9 Å². The largest absolute Gasteiger partial charge is 0.388 e. The number of nitrogens with one attached hydrogen (secondary N) is 1. The second-order valence-corrected chi connectivity index (χ2v) is 3.79. The van der Waals surface area contributed by atoms with E-state index in [1.807, 2.05) is 19.3 Å². The second-order valence-electron chi connectivity index (χ2n) is 3.79. The molecule has 16 heavy (non-hydrogen) atoms. The quantitative estimate of drug-likeness (QED) is 0.620. The average Bonchev–Trinajstić information content (AvgIpc) is 2.37. The maximum atomic E-state index is 4.48. The van der Waals surface area contributed by atoms with Gasteiger partial charge >= 0.3 is 0 Å². The average molecular weight is 208 g/mol. The lowest BCUT2D eigenvalue weighted by molar-refractivity contribution is 1.41. The molecule has 0 aliphatic heterocycles. The summed E-state index contributed by atoms with van der Waals surface area (Å²) in [6, 6.07) is 14.6. The van der Waals surface area contributed by atoms with Gasteiger partial charge in [0, 0.05) is 29.7 Å². The summed E-state index contributed by atoms with van der Waals surface area (Å²) in [5.41, 5.74) is 2.18. The SMILES string of the molecule is CNc1ccnc2c1ccc1ccccc12. The molecule has 0 saturated carbocycles. The molecule has 1 heterocycles. The normalized spacial score (nSPS) is 10.8. The van der Waals surface area contributed by atoms with E-state index in [1.54, 1.807) is 0 Å².